The molecule has 4 heteroatoms. The molecule has 0 saturated heterocycles. The third-order valence-electron chi connectivity index (χ3n) is 3.76. The zero-order valence-corrected chi connectivity index (χ0v) is 11.3. The summed E-state index contributed by atoms with van der Waals surface area (Å²) in [5, 5.41) is 11.0. The Morgan fingerprint density at radius 3 is 2.76 bits per heavy atom. The van der Waals surface area contributed by atoms with Crippen LogP contribution in [0.25, 0.3) is 10.9 Å². The van der Waals surface area contributed by atoms with Crippen LogP contribution in [0.4, 0.5) is 5.69 Å². The van der Waals surface area contributed by atoms with Crippen LogP contribution in [0.2, 0.25) is 0 Å². The van der Waals surface area contributed by atoms with Gasteiger partial charge in [0.05, 0.1) is 5.69 Å². The zero-order valence-electron chi connectivity index (χ0n) is 11.3. The van der Waals surface area contributed by atoms with Gasteiger partial charge in [-0.15, -0.1) is 0 Å². The first-order valence-corrected chi connectivity index (χ1v) is 6.69. The van der Waals surface area contributed by atoms with Crippen molar-refractivity contribution in [3.8, 4) is 5.75 Å². The van der Waals surface area contributed by atoms with Crippen molar-refractivity contribution in [2.24, 2.45) is 4.99 Å². The van der Waals surface area contributed by atoms with E-state index < -0.39 is 0 Å². The Balaban J connectivity index is 1.93. The van der Waals surface area contributed by atoms with Gasteiger partial charge in [0.15, 0.2) is 5.75 Å². The molecule has 2 heterocycles. The monoisotopic (exact) mass is 276 g/mol. The quantitative estimate of drug-likeness (QED) is 0.714. The molecule has 21 heavy (non-hydrogen) atoms. The molecule has 0 spiro atoms. The van der Waals surface area contributed by atoms with Gasteiger partial charge < -0.3 is 10.1 Å². The van der Waals surface area contributed by atoms with Crippen LogP contribution in [0.5, 0.6) is 5.75 Å². The van der Waals surface area contributed by atoms with Crippen LogP contribution in [-0.2, 0) is 0 Å². The maximum absolute atomic E-state index is 12.5. The van der Waals surface area contributed by atoms with E-state index in [1.54, 1.807) is 6.07 Å². The van der Waals surface area contributed by atoms with Gasteiger partial charge in [0.25, 0.3) is 0 Å². The van der Waals surface area contributed by atoms with Crippen molar-refractivity contribution in [3.05, 3.63) is 59.3 Å². The summed E-state index contributed by atoms with van der Waals surface area (Å²) in [7, 11) is 0. The lowest BCUT2D eigenvalue weighted by Gasteiger charge is -1.97. The summed E-state index contributed by atoms with van der Waals surface area (Å²) in [5.74, 6) is -0.0888. The number of aromatic amines is 1. The molecule has 0 aliphatic carbocycles. The van der Waals surface area contributed by atoms with E-state index >= 15 is 0 Å². The number of nitrogens with zero attached hydrogens (tertiary/aromatic N) is 1. The predicted molar refractivity (Wildman–Crippen MR) is 81.7 cm³/mol. The van der Waals surface area contributed by atoms with Crippen molar-refractivity contribution in [1.29, 1.82) is 0 Å². The number of carbonyl (C=O) groups is 1. The Bertz CT molecular complexity index is 935. The Labute approximate surface area is 120 Å². The fourth-order valence-corrected chi connectivity index (χ4v) is 2.69. The number of aliphatic imine (C=N–C) groups is 1. The topological polar surface area (TPSA) is 65.4 Å². The summed E-state index contributed by atoms with van der Waals surface area (Å²) >= 11 is 0. The number of hydrogen-bond acceptors (Lipinski definition) is 3. The molecule has 0 amide bonds. The van der Waals surface area contributed by atoms with Crippen LogP contribution in [-0.4, -0.2) is 21.6 Å². The van der Waals surface area contributed by atoms with Crippen molar-refractivity contribution < 1.29 is 9.90 Å². The molecule has 4 rings (SSSR count). The number of rotatable bonds is 1. The van der Waals surface area contributed by atoms with Crippen molar-refractivity contribution in [2.45, 2.75) is 6.92 Å². The number of aryl methyl sites for hydroxylation is 1. The molecule has 102 valence electrons. The van der Waals surface area contributed by atoms with Crippen LogP contribution >= 0.6 is 0 Å². The minimum Gasteiger partial charge on any atom is -0.505 e. The second kappa shape index (κ2) is 4.06. The molecule has 1 aliphatic rings. The van der Waals surface area contributed by atoms with Gasteiger partial charge >= 0.3 is 0 Å². The molecule has 1 aromatic heterocycles. The maximum Gasteiger partial charge on any atom is 0.215 e. The first-order valence-electron chi connectivity index (χ1n) is 6.69. The number of aromatic hydroxyl groups is 1. The maximum atomic E-state index is 12.5. The van der Waals surface area contributed by atoms with Crippen molar-refractivity contribution in [2.75, 3.05) is 0 Å². The highest BCUT2D eigenvalue weighted by Gasteiger charge is 2.29. The summed E-state index contributed by atoms with van der Waals surface area (Å²) in [6.45, 7) is 1.96. The van der Waals surface area contributed by atoms with Crippen molar-refractivity contribution in [1.82, 2.24) is 4.98 Å². The van der Waals surface area contributed by atoms with E-state index in [4.69, 9.17) is 0 Å². The van der Waals surface area contributed by atoms with Crippen LogP contribution < -0.4 is 0 Å². The highest BCUT2D eigenvalue weighted by Crippen LogP contribution is 2.35. The number of carbonyl (C=O) groups excluding carboxylic acids is 1. The number of ketones is 1. The smallest absolute Gasteiger partial charge is 0.215 e. The van der Waals surface area contributed by atoms with Gasteiger partial charge in [-0.1, -0.05) is 18.2 Å². The van der Waals surface area contributed by atoms with Gasteiger partial charge in [0.2, 0.25) is 5.78 Å². The standard InChI is InChI=1S/C17H12N2O2/c1-9-6-7-11-13(8-9)19-15(17(11)21)14-16(20)10-4-2-3-5-12(10)18-14/h2-8,18,20H,1H3. The number of nitrogens with one attached hydrogen (secondary N) is 1. The molecular weight excluding hydrogens is 264 g/mol. The van der Waals surface area contributed by atoms with Crippen LogP contribution in [0.1, 0.15) is 21.6 Å². The molecular formula is C17H12N2O2. The minimum atomic E-state index is -0.160. The lowest BCUT2D eigenvalue weighted by atomic mass is 10.0. The molecule has 3 aromatic rings. The highest BCUT2D eigenvalue weighted by atomic mass is 16.3. The third-order valence-corrected chi connectivity index (χ3v) is 3.76. The van der Waals surface area contributed by atoms with E-state index in [1.807, 2.05) is 43.3 Å². The number of aromatic nitrogens is 1. The van der Waals surface area contributed by atoms with E-state index in [2.05, 4.69) is 9.98 Å². The predicted octanol–water partition coefficient (Wildman–Crippen LogP) is 3.50. The number of Topliss-reactive ketones (excluding diaryl/α,β-unsaturated/α-hetero) is 1. The van der Waals surface area contributed by atoms with Gasteiger partial charge in [-0.05, 0) is 36.8 Å². The zero-order chi connectivity index (χ0) is 14.6. The van der Waals surface area contributed by atoms with E-state index in [0.29, 0.717) is 22.3 Å². The molecule has 1 aliphatic heterocycles. The van der Waals surface area contributed by atoms with Crippen LogP contribution in [0, 0.1) is 6.92 Å². The van der Waals surface area contributed by atoms with Gasteiger partial charge in [0, 0.05) is 16.5 Å². The van der Waals surface area contributed by atoms with E-state index in [9.17, 15) is 9.90 Å². The minimum absolute atomic E-state index is 0.0715. The molecule has 0 unspecified atom stereocenters. The number of fused-ring (bicyclic) bond motifs is 2. The number of H-pyrrole nitrogens is 1. The van der Waals surface area contributed by atoms with Crippen molar-refractivity contribution >= 4 is 28.1 Å². The largest absolute Gasteiger partial charge is 0.505 e. The molecule has 0 fully saturated rings. The molecule has 0 radical (unpaired) electrons. The van der Waals surface area contributed by atoms with E-state index in [-0.39, 0.29) is 17.2 Å². The third kappa shape index (κ3) is 1.62. The summed E-state index contributed by atoms with van der Waals surface area (Å²) in [5.41, 5.74) is 3.72. The van der Waals surface area contributed by atoms with Gasteiger partial charge in [-0.2, -0.15) is 0 Å². The Morgan fingerprint density at radius 1 is 1.14 bits per heavy atom. The lowest BCUT2D eigenvalue weighted by Crippen LogP contribution is -2.11. The first kappa shape index (κ1) is 11.9. The molecule has 2 aromatic carbocycles. The van der Waals surface area contributed by atoms with E-state index in [1.165, 1.54) is 0 Å². The normalized spacial score (nSPS) is 13.6. The van der Waals surface area contributed by atoms with Gasteiger partial charge in [-0.25, -0.2) is 4.99 Å². The second-order valence-corrected chi connectivity index (χ2v) is 5.20. The van der Waals surface area contributed by atoms with Crippen molar-refractivity contribution in [3.63, 3.8) is 0 Å². The summed E-state index contributed by atoms with van der Waals surface area (Å²) in [4.78, 5) is 20.0. The van der Waals surface area contributed by atoms with Crippen LogP contribution in [0.15, 0.2) is 47.5 Å². The molecule has 0 atom stereocenters. The Morgan fingerprint density at radius 2 is 1.95 bits per heavy atom. The highest BCUT2D eigenvalue weighted by molar-refractivity contribution is 6.55. The first-order chi connectivity index (χ1) is 10.1. The number of benzene rings is 2. The fraction of sp³-hybridized carbons (Fsp3) is 0.0588. The average Bonchev–Trinajstić information content (AvgIpc) is 2.97. The molecule has 0 bridgehead atoms. The Hall–Kier alpha value is -2.88. The van der Waals surface area contributed by atoms with Crippen LogP contribution in [0.3, 0.4) is 0 Å². The number of hydrogen-bond donors (Lipinski definition) is 2. The summed E-state index contributed by atoms with van der Waals surface area (Å²) in [6.07, 6.45) is 0. The molecule has 0 saturated carbocycles. The Kier molecular flexibility index (Phi) is 2.30. The lowest BCUT2D eigenvalue weighted by molar-refractivity contribution is 0.107. The molecule has 2 N–H and O–H groups in total. The second-order valence-electron chi connectivity index (χ2n) is 5.20. The molecule has 4 nitrogen and oxygen atoms in total. The SMILES string of the molecule is Cc1ccc2c(c1)N=C(c1[nH]c3ccccc3c1O)C2=O. The number of para-hydroxylation sites is 1. The van der Waals surface area contributed by atoms with Gasteiger partial charge in [-0.3, -0.25) is 4.79 Å². The summed E-state index contributed by atoms with van der Waals surface area (Å²) in [6, 6.07) is 12.9. The fourth-order valence-electron chi connectivity index (χ4n) is 2.69. The van der Waals surface area contributed by atoms with Gasteiger partial charge in [0.1, 0.15) is 11.4 Å². The average molecular weight is 276 g/mol. The summed E-state index contributed by atoms with van der Waals surface area (Å²) < 4.78 is 0. The van der Waals surface area contributed by atoms with E-state index in [0.717, 1.165) is 11.1 Å².